The summed E-state index contributed by atoms with van der Waals surface area (Å²) in [6.45, 7) is 11.2. The highest BCUT2D eigenvalue weighted by molar-refractivity contribution is 5.41. The van der Waals surface area contributed by atoms with E-state index in [1.165, 1.54) is 12.8 Å². The number of piperidine rings is 1. The molecule has 1 aromatic heterocycles. The van der Waals surface area contributed by atoms with Crippen molar-refractivity contribution in [2.75, 3.05) is 37.7 Å². The number of nitrogens with zero attached hydrogens (tertiary/aromatic N) is 3. The summed E-state index contributed by atoms with van der Waals surface area (Å²) in [5.74, 6) is 1.91. The van der Waals surface area contributed by atoms with Gasteiger partial charge in [-0.3, -0.25) is 0 Å². The monoisotopic (exact) mass is 290 g/mol. The van der Waals surface area contributed by atoms with Crippen molar-refractivity contribution in [3.05, 3.63) is 17.6 Å². The smallest absolute Gasteiger partial charge is 0.132 e. The minimum atomic E-state index is 0.192. The van der Waals surface area contributed by atoms with Gasteiger partial charge >= 0.3 is 0 Å². The van der Waals surface area contributed by atoms with E-state index in [9.17, 15) is 0 Å². The summed E-state index contributed by atoms with van der Waals surface area (Å²) < 4.78 is 5.56. The van der Waals surface area contributed by atoms with Gasteiger partial charge in [0.1, 0.15) is 11.6 Å². The Hall–Kier alpha value is -1.20. The van der Waals surface area contributed by atoms with Crippen LogP contribution in [-0.2, 0) is 4.74 Å². The van der Waals surface area contributed by atoms with Crippen molar-refractivity contribution in [2.24, 2.45) is 5.41 Å². The van der Waals surface area contributed by atoms with Crippen LogP contribution < -0.4 is 10.2 Å². The Morgan fingerprint density at radius 3 is 2.95 bits per heavy atom. The lowest BCUT2D eigenvalue weighted by molar-refractivity contribution is 0.0755. The lowest BCUT2D eigenvalue weighted by atomic mass is 9.84. The van der Waals surface area contributed by atoms with E-state index < -0.39 is 0 Å². The van der Waals surface area contributed by atoms with Crippen molar-refractivity contribution in [3.63, 3.8) is 0 Å². The Kier molecular flexibility index (Phi) is 4.13. The quantitative estimate of drug-likeness (QED) is 0.903. The van der Waals surface area contributed by atoms with E-state index in [1.54, 1.807) is 0 Å². The highest BCUT2D eigenvalue weighted by atomic mass is 16.5. The van der Waals surface area contributed by atoms with Gasteiger partial charge in [0.05, 0.1) is 24.9 Å². The van der Waals surface area contributed by atoms with Crippen molar-refractivity contribution in [1.82, 2.24) is 15.3 Å². The molecule has 0 aliphatic carbocycles. The molecule has 0 saturated carbocycles. The standard InChI is InChI=1S/C16H26N4O/c1-12-18-13(14-10-21-8-6-17-14)9-15(19-12)20-7-4-5-16(2,3)11-20/h9,14,17H,4-8,10-11H2,1-3H3/t14-/m0/s1. The second-order valence-electron chi connectivity index (χ2n) is 6.97. The van der Waals surface area contributed by atoms with Gasteiger partial charge in [0.25, 0.3) is 0 Å². The molecule has 0 radical (unpaired) electrons. The average Bonchev–Trinajstić information content (AvgIpc) is 2.46. The Labute approximate surface area is 127 Å². The first kappa shape index (κ1) is 14.7. The van der Waals surface area contributed by atoms with Crippen LogP contribution in [-0.4, -0.2) is 42.8 Å². The van der Waals surface area contributed by atoms with Crippen molar-refractivity contribution in [3.8, 4) is 0 Å². The number of ether oxygens (including phenoxy) is 1. The maximum Gasteiger partial charge on any atom is 0.132 e. The van der Waals surface area contributed by atoms with Gasteiger partial charge in [0, 0.05) is 25.7 Å². The highest BCUT2D eigenvalue weighted by Crippen LogP contribution is 2.31. The number of hydrogen-bond acceptors (Lipinski definition) is 5. The minimum absolute atomic E-state index is 0.192. The Morgan fingerprint density at radius 2 is 2.24 bits per heavy atom. The van der Waals surface area contributed by atoms with Gasteiger partial charge in [-0.15, -0.1) is 0 Å². The fraction of sp³-hybridized carbons (Fsp3) is 0.750. The topological polar surface area (TPSA) is 50.3 Å². The number of aromatic nitrogens is 2. The normalized spacial score (nSPS) is 25.9. The predicted molar refractivity (Wildman–Crippen MR) is 83.6 cm³/mol. The van der Waals surface area contributed by atoms with Gasteiger partial charge in [0.2, 0.25) is 0 Å². The predicted octanol–water partition coefficient (Wildman–Crippen LogP) is 2.07. The molecule has 2 aliphatic rings. The molecule has 2 saturated heterocycles. The summed E-state index contributed by atoms with van der Waals surface area (Å²) in [5, 5.41) is 3.48. The summed E-state index contributed by atoms with van der Waals surface area (Å²) in [4.78, 5) is 11.7. The van der Waals surface area contributed by atoms with Crippen molar-refractivity contribution in [1.29, 1.82) is 0 Å². The zero-order valence-corrected chi connectivity index (χ0v) is 13.4. The highest BCUT2D eigenvalue weighted by Gasteiger charge is 2.28. The van der Waals surface area contributed by atoms with E-state index in [0.717, 1.165) is 43.6 Å². The van der Waals surface area contributed by atoms with Crippen LogP contribution in [0.5, 0.6) is 0 Å². The molecule has 116 valence electrons. The maximum absolute atomic E-state index is 5.56. The summed E-state index contributed by atoms with van der Waals surface area (Å²) in [6, 6.07) is 2.33. The SMILES string of the molecule is Cc1nc([C@@H]2COCCN2)cc(N2CCCC(C)(C)C2)n1. The molecule has 0 bridgehead atoms. The first-order chi connectivity index (χ1) is 10.0. The number of nitrogens with one attached hydrogen (secondary N) is 1. The van der Waals surface area contributed by atoms with E-state index in [0.29, 0.717) is 12.0 Å². The van der Waals surface area contributed by atoms with E-state index >= 15 is 0 Å². The molecule has 0 amide bonds. The number of rotatable bonds is 2. The first-order valence-electron chi connectivity index (χ1n) is 7.95. The number of morpholine rings is 1. The van der Waals surface area contributed by atoms with Crippen LogP contribution in [0.15, 0.2) is 6.07 Å². The van der Waals surface area contributed by atoms with Crippen molar-refractivity contribution in [2.45, 2.75) is 39.7 Å². The van der Waals surface area contributed by atoms with E-state index in [4.69, 9.17) is 4.74 Å². The second-order valence-corrected chi connectivity index (χ2v) is 6.97. The summed E-state index contributed by atoms with van der Waals surface area (Å²) in [5.41, 5.74) is 1.42. The Balaban J connectivity index is 1.83. The van der Waals surface area contributed by atoms with Crippen LogP contribution in [0.1, 0.15) is 44.2 Å². The molecule has 2 aliphatic heterocycles. The molecule has 3 rings (SSSR count). The fourth-order valence-corrected chi connectivity index (χ4v) is 3.29. The summed E-state index contributed by atoms with van der Waals surface area (Å²) >= 11 is 0. The number of anilines is 1. The molecule has 1 aromatic rings. The maximum atomic E-state index is 5.56. The molecule has 3 heterocycles. The summed E-state index contributed by atoms with van der Waals surface area (Å²) in [6.07, 6.45) is 2.52. The zero-order valence-electron chi connectivity index (χ0n) is 13.4. The lowest BCUT2D eigenvalue weighted by Gasteiger charge is -2.39. The van der Waals surface area contributed by atoms with Crippen LogP contribution >= 0.6 is 0 Å². The molecule has 2 fully saturated rings. The van der Waals surface area contributed by atoms with Crippen LogP contribution in [0, 0.1) is 12.3 Å². The van der Waals surface area contributed by atoms with E-state index in [-0.39, 0.29) is 6.04 Å². The Morgan fingerprint density at radius 1 is 1.38 bits per heavy atom. The molecule has 21 heavy (non-hydrogen) atoms. The van der Waals surface area contributed by atoms with Crippen LogP contribution in [0.4, 0.5) is 5.82 Å². The van der Waals surface area contributed by atoms with Crippen molar-refractivity contribution < 1.29 is 4.74 Å². The van der Waals surface area contributed by atoms with Gasteiger partial charge in [-0.2, -0.15) is 0 Å². The largest absolute Gasteiger partial charge is 0.378 e. The molecule has 5 nitrogen and oxygen atoms in total. The van der Waals surface area contributed by atoms with E-state index in [1.807, 2.05) is 6.92 Å². The molecule has 0 unspecified atom stereocenters. The molecule has 0 spiro atoms. The average molecular weight is 290 g/mol. The van der Waals surface area contributed by atoms with Gasteiger partial charge in [-0.25, -0.2) is 9.97 Å². The third kappa shape index (κ3) is 3.52. The van der Waals surface area contributed by atoms with Gasteiger partial charge in [-0.1, -0.05) is 13.8 Å². The van der Waals surface area contributed by atoms with E-state index in [2.05, 4.69) is 40.1 Å². The van der Waals surface area contributed by atoms with Crippen LogP contribution in [0.3, 0.4) is 0 Å². The molecule has 0 aromatic carbocycles. The van der Waals surface area contributed by atoms with Crippen LogP contribution in [0.2, 0.25) is 0 Å². The lowest BCUT2D eigenvalue weighted by Crippen LogP contribution is -2.41. The molecular weight excluding hydrogens is 264 g/mol. The summed E-state index contributed by atoms with van der Waals surface area (Å²) in [7, 11) is 0. The van der Waals surface area contributed by atoms with Crippen molar-refractivity contribution >= 4 is 5.82 Å². The fourth-order valence-electron chi connectivity index (χ4n) is 3.29. The third-order valence-electron chi connectivity index (χ3n) is 4.35. The minimum Gasteiger partial charge on any atom is -0.378 e. The van der Waals surface area contributed by atoms with Crippen LogP contribution in [0.25, 0.3) is 0 Å². The molecule has 5 heteroatoms. The Bertz CT molecular complexity index is 497. The second kappa shape index (κ2) is 5.89. The third-order valence-corrected chi connectivity index (χ3v) is 4.35. The van der Waals surface area contributed by atoms with Gasteiger partial charge < -0.3 is 15.0 Å². The molecule has 1 atom stereocenters. The number of aryl methyl sites for hydroxylation is 1. The number of hydrogen-bond donors (Lipinski definition) is 1. The first-order valence-corrected chi connectivity index (χ1v) is 7.95. The van der Waals surface area contributed by atoms with Gasteiger partial charge in [0.15, 0.2) is 0 Å². The van der Waals surface area contributed by atoms with Gasteiger partial charge in [-0.05, 0) is 25.2 Å². The zero-order chi connectivity index (χ0) is 14.9. The molecule has 1 N–H and O–H groups in total. The molecular formula is C16H26N4O.